The SMILES string of the molecule is CC(C)C(=O)SCc1ccc(OCCN(C[C@H](O)[C@H](O)[C@H](O)[C@H](O)CO)C[C@H](O)[C@H](O)[C@H](O)[C@H](O)CO)cc1CSC(=O)C(C)C. The van der Waals surface area contributed by atoms with Crippen LogP contribution >= 0.6 is 23.5 Å². The molecule has 0 aliphatic rings. The Balaban J connectivity index is 3.11. The van der Waals surface area contributed by atoms with Gasteiger partial charge in [0.25, 0.3) is 0 Å². The Labute approximate surface area is 278 Å². The molecule has 0 saturated carbocycles. The number of aliphatic hydroxyl groups is 10. The molecule has 46 heavy (non-hydrogen) atoms. The van der Waals surface area contributed by atoms with Crippen LogP contribution in [-0.4, -0.2) is 154 Å². The van der Waals surface area contributed by atoms with E-state index in [-0.39, 0.29) is 35.2 Å². The van der Waals surface area contributed by atoms with Gasteiger partial charge in [0.05, 0.1) is 25.4 Å². The summed E-state index contributed by atoms with van der Waals surface area (Å²) in [5.41, 5.74) is 1.65. The summed E-state index contributed by atoms with van der Waals surface area (Å²) in [7, 11) is 0. The fourth-order valence-corrected chi connectivity index (χ4v) is 5.83. The van der Waals surface area contributed by atoms with Gasteiger partial charge < -0.3 is 55.8 Å². The van der Waals surface area contributed by atoms with Crippen molar-refractivity contribution in [3.63, 3.8) is 0 Å². The van der Waals surface area contributed by atoms with Gasteiger partial charge in [-0.1, -0.05) is 57.3 Å². The van der Waals surface area contributed by atoms with Crippen molar-refractivity contribution in [2.45, 2.75) is 88.0 Å². The molecule has 10 N–H and O–H groups in total. The summed E-state index contributed by atoms with van der Waals surface area (Å²) in [6.45, 7) is 4.51. The molecule has 0 amide bonds. The Hall–Kier alpha value is -1.38. The number of carbonyl (C=O) groups excluding carboxylic acids is 2. The minimum atomic E-state index is -1.91. The minimum absolute atomic E-state index is 0.00793. The molecule has 1 rings (SSSR count). The molecule has 0 aliphatic heterocycles. The lowest BCUT2D eigenvalue weighted by Crippen LogP contribution is -2.53. The highest BCUT2D eigenvalue weighted by Gasteiger charge is 2.34. The summed E-state index contributed by atoms with van der Waals surface area (Å²) in [6.07, 6.45) is -14.5. The van der Waals surface area contributed by atoms with Gasteiger partial charge >= 0.3 is 0 Å². The van der Waals surface area contributed by atoms with Crippen LogP contribution in [0.25, 0.3) is 0 Å². The lowest BCUT2D eigenvalue weighted by Gasteiger charge is -2.33. The molecule has 1 aromatic carbocycles. The maximum absolute atomic E-state index is 12.3. The van der Waals surface area contributed by atoms with Crippen LogP contribution in [0.1, 0.15) is 38.8 Å². The van der Waals surface area contributed by atoms with Crippen LogP contribution in [0.3, 0.4) is 0 Å². The van der Waals surface area contributed by atoms with Gasteiger partial charge in [-0.25, -0.2) is 0 Å². The van der Waals surface area contributed by atoms with Crippen molar-refractivity contribution >= 4 is 33.8 Å². The summed E-state index contributed by atoms with van der Waals surface area (Å²) in [5, 5.41) is 99.0. The monoisotopic (exact) mass is 697 g/mol. The summed E-state index contributed by atoms with van der Waals surface area (Å²) in [6, 6.07) is 5.23. The Morgan fingerprint density at radius 2 is 1.09 bits per heavy atom. The Bertz CT molecular complexity index is 1020. The van der Waals surface area contributed by atoms with E-state index in [4.69, 9.17) is 14.9 Å². The molecule has 0 unspecified atom stereocenters. The average Bonchev–Trinajstić information content (AvgIpc) is 3.03. The molecule has 266 valence electrons. The van der Waals surface area contributed by atoms with E-state index in [2.05, 4.69) is 0 Å². The van der Waals surface area contributed by atoms with E-state index in [1.54, 1.807) is 32.0 Å². The summed E-state index contributed by atoms with van der Waals surface area (Å²) in [4.78, 5) is 25.8. The highest BCUT2D eigenvalue weighted by Crippen LogP contribution is 2.28. The first kappa shape index (κ1) is 42.6. The number of nitrogens with zero attached hydrogens (tertiary/aromatic N) is 1. The van der Waals surface area contributed by atoms with Gasteiger partial charge in [-0.05, 0) is 23.3 Å². The van der Waals surface area contributed by atoms with E-state index < -0.39 is 75.1 Å². The molecule has 16 heteroatoms. The van der Waals surface area contributed by atoms with Crippen LogP contribution < -0.4 is 4.74 Å². The van der Waals surface area contributed by atoms with Crippen molar-refractivity contribution in [1.82, 2.24) is 4.90 Å². The van der Waals surface area contributed by atoms with Crippen molar-refractivity contribution in [3.05, 3.63) is 29.3 Å². The molecule has 0 aliphatic carbocycles. The van der Waals surface area contributed by atoms with Crippen LogP contribution in [0.5, 0.6) is 5.75 Å². The van der Waals surface area contributed by atoms with Crippen LogP contribution in [0, 0.1) is 11.8 Å². The number of ether oxygens (including phenoxy) is 1. The first-order chi connectivity index (χ1) is 21.5. The molecule has 0 saturated heterocycles. The number of thioether (sulfide) groups is 2. The molecular weight excluding hydrogens is 646 g/mol. The van der Waals surface area contributed by atoms with Gasteiger partial charge in [0.2, 0.25) is 0 Å². The third-order valence-electron chi connectivity index (χ3n) is 7.08. The normalized spacial score (nSPS) is 17.4. The quantitative estimate of drug-likeness (QED) is 0.0634. The molecule has 0 spiro atoms. The van der Waals surface area contributed by atoms with E-state index in [9.17, 15) is 50.4 Å². The zero-order valence-corrected chi connectivity index (χ0v) is 28.3. The van der Waals surface area contributed by atoms with Gasteiger partial charge in [0, 0.05) is 43.0 Å². The van der Waals surface area contributed by atoms with E-state index in [0.717, 1.165) is 22.9 Å². The first-order valence-corrected chi connectivity index (χ1v) is 17.0. The molecule has 0 heterocycles. The van der Waals surface area contributed by atoms with Crippen molar-refractivity contribution in [3.8, 4) is 5.75 Å². The first-order valence-electron chi connectivity index (χ1n) is 15.0. The Kier molecular flexibility index (Phi) is 20.0. The smallest absolute Gasteiger partial charge is 0.191 e. The highest BCUT2D eigenvalue weighted by molar-refractivity contribution is 8.13. The number of benzene rings is 1. The maximum atomic E-state index is 12.3. The molecule has 0 fully saturated rings. The standard InChI is InChI=1S/C30H51NO13S2/c1-16(2)29(42)45-14-18-5-6-20(9-19(18)15-46-30(43)17(3)4)44-8-7-31(10-21(34)25(38)27(40)23(36)12-32)11-22(35)26(39)28(41)24(37)13-33/h5-6,9,16-17,21-28,32-41H,7-8,10-15H2,1-4H3/t21-,22-,23+,24+,25-,26-,27+,28+/m0/s1. The summed E-state index contributed by atoms with van der Waals surface area (Å²) < 4.78 is 5.90. The van der Waals surface area contributed by atoms with Crippen LogP contribution in [0.4, 0.5) is 0 Å². The number of aliphatic hydroxyl groups excluding tert-OH is 10. The number of hydrogen-bond donors (Lipinski definition) is 10. The fraction of sp³-hybridized carbons (Fsp3) is 0.733. The Morgan fingerprint density at radius 1 is 0.674 bits per heavy atom. The van der Waals surface area contributed by atoms with Crippen molar-refractivity contribution in [1.29, 1.82) is 0 Å². The molecule has 0 radical (unpaired) electrons. The lowest BCUT2D eigenvalue weighted by molar-refractivity contribution is -0.130. The highest BCUT2D eigenvalue weighted by atomic mass is 32.2. The van der Waals surface area contributed by atoms with Crippen LogP contribution in [-0.2, 0) is 21.1 Å². The molecule has 1 aromatic rings. The summed E-state index contributed by atoms with van der Waals surface area (Å²) >= 11 is 2.34. The zero-order valence-electron chi connectivity index (χ0n) is 26.6. The van der Waals surface area contributed by atoms with Gasteiger partial charge in [-0.15, -0.1) is 0 Å². The van der Waals surface area contributed by atoms with E-state index in [1.807, 2.05) is 13.8 Å². The van der Waals surface area contributed by atoms with Gasteiger partial charge in [-0.3, -0.25) is 14.5 Å². The van der Waals surface area contributed by atoms with Crippen molar-refractivity contribution < 1.29 is 65.4 Å². The van der Waals surface area contributed by atoms with E-state index in [0.29, 0.717) is 17.3 Å². The predicted molar refractivity (Wildman–Crippen MR) is 173 cm³/mol. The van der Waals surface area contributed by atoms with Crippen molar-refractivity contribution in [2.75, 3.05) is 39.5 Å². The predicted octanol–water partition coefficient (Wildman–Crippen LogP) is -1.93. The molecular formula is C30H51NO13S2. The third-order valence-corrected chi connectivity index (χ3v) is 9.50. The summed E-state index contributed by atoms with van der Waals surface area (Å²) in [5.74, 6) is 0.871. The third kappa shape index (κ3) is 14.4. The molecule has 0 aromatic heterocycles. The van der Waals surface area contributed by atoms with E-state index in [1.165, 1.54) is 16.7 Å². The second-order valence-electron chi connectivity index (χ2n) is 11.7. The Morgan fingerprint density at radius 3 is 1.50 bits per heavy atom. The number of carbonyl (C=O) groups is 2. The number of hydrogen-bond acceptors (Lipinski definition) is 16. The topological polar surface area (TPSA) is 249 Å². The van der Waals surface area contributed by atoms with Gasteiger partial charge in [0.15, 0.2) is 10.2 Å². The fourth-order valence-electron chi connectivity index (χ4n) is 4.02. The second kappa shape index (κ2) is 21.6. The largest absolute Gasteiger partial charge is 0.492 e. The van der Waals surface area contributed by atoms with Crippen LogP contribution in [0.15, 0.2) is 18.2 Å². The number of rotatable bonds is 22. The maximum Gasteiger partial charge on any atom is 0.191 e. The molecule has 8 atom stereocenters. The average molecular weight is 698 g/mol. The van der Waals surface area contributed by atoms with Crippen molar-refractivity contribution in [2.24, 2.45) is 11.8 Å². The zero-order chi connectivity index (χ0) is 35.1. The molecule has 0 bridgehead atoms. The van der Waals surface area contributed by atoms with E-state index >= 15 is 0 Å². The van der Waals surface area contributed by atoms with Crippen LogP contribution in [0.2, 0.25) is 0 Å². The second-order valence-corrected chi connectivity index (χ2v) is 13.6. The molecule has 14 nitrogen and oxygen atoms in total. The van der Waals surface area contributed by atoms with Gasteiger partial charge in [0.1, 0.15) is 49.0 Å². The lowest BCUT2D eigenvalue weighted by atomic mass is 10.0. The van der Waals surface area contributed by atoms with Gasteiger partial charge in [-0.2, -0.15) is 0 Å². The minimum Gasteiger partial charge on any atom is -0.492 e.